The molecule has 0 amide bonds. The molecule has 2 aliphatic rings. The lowest BCUT2D eigenvalue weighted by atomic mass is 9.99. The van der Waals surface area contributed by atoms with Gasteiger partial charge in [-0.2, -0.15) is 0 Å². The van der Waals surface area contributed by atoms with E-state index in [9.17, 15) is 5.11 Å². The number of nitrogens with two attached hydrogens (primary N) is 1. The van der Waals surface area contributed by atoms with E-state index >= 15 is 0 Å². The van der Waals surface area contributed by atoms with Gasteiger partial charge in [0.15, 0.2) is 0 Å². The first-order valence-corrected chi connectivity index (χ1v) is 11.0. The first-order valence-electron chi connectivity index (χ1n) is 9.42. The lowest BCUT2D eigenvalue weighted by Crippen LogP contribution is -2.49. The van der Waals surface area contributed by atoms with Crippen LogP contribution in [0.25, 0.3) is 0 Å². The van der Waals surface area contributed by atoms with Crippen molar-refractivity contribution in [3.05, 3.63) is 26.6 Å². The Bertz CT molecular complexity index is 547. The summed E-state index contributed by atoms with van der Waals surface area (Å²) in [5.41, 5.74) is 7.55. The van der Waals surface area contributed by atoms with Gasteiger partial charge in [0.25, 0.3) is 0 Å². The molecule has 0 radical (unpaired) electrons. The van der Waals surface area contributed by atoms with Crippen LogP contribution < -0.4 is 5.73 Å². The van der Waals surface area contributed by atoms with Gasteiger partial charge in [-0.05, 0) is 108 Å². The fraction of sp³-hybridized carbons (Fsp3) is 0.684. The third-order valence-corrected chi connectivity index (χ3v) is 6.74. The van der Waals surface area contributed by atoms with Gasteiger partial charge < -0.3 is 20.6 Å². The second-order valence-corrected chi connectivity index (χ2v) is 9.21. The Kier molecular flexibility index (Phi) is 7.20. The van der Waals surface area contributed by atoms with Crippen molar-refractivity contribution in [1.82, 2.24) is 9.80 Å². The molecule has 4 nitrogen and oxygen atoms in total. The number of benzene rings is 1. The topological polar surface area (TPSA) is 52.7 Å². The third-order valence-electron chi connectivity index (χ3n) is 5.53. The maximum absolute atomic E-state index is 9.82. The van der Waals surface area contributed by atoms with Gasteiger partial charge in [-0.15, -0.1) is 0 Å². The highest BCUT2D eigenvalue weighted by molar-refractivity contribution is 9.11. The average Bonchev–Trinajstić information content (AvgIpc) is 2.61. The molecule has 3 N–H and O–H groups in total. The van der Waals surface area contributed by atoms with Gasteiger partial charge in [-0.25, -0.2) is 0 Å². The molecule has 0 aliphatic carbocycles. The zero-order chi connectivity index (χ0) is 17.8. The standard InChI is InChI=1S/C19H29Br2N3O/c20-17-11-14(12-18(21)19(17)25)10-15(22)13-23-8-4-16(5-9-23)24-6-2-1-3-7-24/h11-12,15-16,25H,1-10,13,22H2. The predicted molar refractivity (Wildman–Crippen MR) is 110 cm³/mol. The molecule has 2 fully saturated rings. The monoisotopic (exact) mass is 473 g/mol. The number of nitrogens with zero attached hydrogens (tertiary/aromatic N) is 2. The molecule has 0 saturated carbocycles. The molecule has 3 rings (SSSR count). The van der Waals surface area contributed by atoms with E-state index in [1.165, 1.54) is 45.2 Å². The summed E-state index contributed by atoms with van der Waals surface area (Å²) in [6.45, 7) is 5.88. The van der Waals surface area contributed by atoms with Crippen LogP contribution in [0.4, 0.5) is 0 Å². The fourth-order valence-corrected chi connectivity index (χ4v) is 5.47. The Hall–Kier alpha value is -0.140. The van der Waals surface area contributed by atoms with Gasteiger partial charge in [-0.1, -0.05) is 6.42 Å². The Morgan fingerprint density at radius 1 is 1.04 bits per heavy atom. The molecule has 1 unspecified atom stereocenters. The van der Waals surface area contributed by atoms with E-state index in [0.29, 0.717) is 8.95 Å². The summed E-state index contributed by atoms with van der Waals surface area (Å²) in [7, 11) is 0. The van der Waals surface area contributed by atoms with Gasteiger partial charge in [0.2, 0.25) is 0 Å². The SMILES string of the molecule is NC(Cc1cc(Br)c(O)c(Br)c1)CN1CCC(N2CCCCC2)CC1. The zero-order valence-electron chi connectivity index (χ0n) is 14.8. The van der Waals surface area contributed by atoms with Crippen molar-refractivity contribution in [3.8, 4) is 5.75 Å². The minimum Gasteiger partial charge on any atom is -0.506 e. The highest BCUT2D eigenvalue weighted by atomic mass is 79.9. The molecule has 0 aromatic heterocycles. The van der Waals surface area contributed by atoms with Crippen LogP contribution in [0.15, 0.2) is 21.1 Å². The first kappa shape index (κ1) is 19.6. The van der Waals surface area contributed by atoms with Crippen molar-refractivity contribution in [3.63, 3.8) is 0 Å². The van der Waals surface area contributed by atoms with Gasteiger partial charge in [-0.3, -0.25) is 0 Å². The molecule has 2 heterocycles. The fourth-order valence-electron chi connectivity index (χ4n) is 4.19. The van der Waals surface area contributed by atoms with E-state index < -0.39 is 0 Å². The highest BCUT2D eigenvalue weighted by Crippen LogP contribution is 2.33. The zero-order valence-corrected chi connectivity index (χ0v) is 17.9. The smallest absolute Gasteiger partial charge is 0.143 e. The van der Waals surface area contributed by atoms with Crippen LogP contribution >= 0.6 is 31.9 Å². The second-order valence-electron chi connectivity index (χ2n) is 7.50. The molecule has 0 spiro atoms. The van der Waals surface area contributed by atoms with Crippen molar-refractivity contribution in [1.29, 1.82) is 0 Å². The van der Waals surface area contributed by atoms with Gasteiger partial charge in [0.1, 0.15) is 5.75 Å². The number of likely N-dealkylation sites (tertiary alicyclic amines) is 2. The summed E-state index contributed by atoms with van der Waals surface area (Å²) in [6.07, 6.45) is 7.55. The van der Waals surface area contributed by atoms with Crippen LogP contribution in [-0.4, -0.2) is 59.7 Å². The summed E-state index contributed by atoms with van der Waals surface area (Å²) >= 11 is 6.79. The van der Waals surface area contributed by atoms with Crippen LogP contribution in [-0.2, 0) is 6.42 Å². The van der Waals surface area contributed by atoms with E-state index in [-0.39, 0.29) is 11.8 Å². The molecule has 2 saturated heterocycles. The number of halogens is 2. The van der Waals surface area contributed by atoms with Gasteiger partial charge >= 0.3 is 0 Å². The lowest BCUT2D eigenvalue weighted by molar-refractivity contribution is 0.0900. The van der Waals surface area contributed by atoms with Crippen molar-refractivity contribution in [2.24, 2.45) is 5.73 Å². The van der Waals surface area contributed by atoms with Crippen molar-refractivity contribution in [2.75, 3.05) is 32.7 Å². The maximum atomic E-state index is 9.82. The van der Waals surface area contributed by atoms with Crippen molar-refractivity contribution >= 4 is 31.9 Å². The number of hydrogen-bond donors (Lipinski definition) is 2. The first-order chi connectivity index (χ1) is 12.0. The Labute approximate surface area is 168 Å². The Morgan fingerprint density at radius 2 is 1.64 bits per heavy atom. The molecule has 1 aromatic carbocycles. The highest BCUT2D eigenvalue weighted by Gasteiger charge is 2.26. The Balaban J connectivity index is 1.45. The van der Waals surface area contributed by atoms with Gasteiger partial charge in [0.05, 0.1) is 8.95 Å². The van der Waals surface area contributed by atoms with Crippen LogP contribution in [0.2, 0.25) is 0 Å². The van der Waals surface area contributed by atoms with Crippen molar-refractivity contribution < 1.29 is 5.11 Å². The Morgan fingerprint density at radius 3 is 2.24 bits per heavy atom. The molecule has 25 heavy (non-hydrogen) atoms. The van der Waals surface area contributed by atoms with Crippen molar-refractivity contribution in [2.45, 2.75) is 50.6 Å². The molecule has 6 heteroatoms. The minimum absolute atomic E-state index is 0.120. The predicted octanol–water partition coefficient (Wildman–Crippen LogP) is 3.74. The average molecular weight is 475 g/mol. The van der Waals surface area contributed by atoms with Crippen LogP contribution in [0.3, 0.4) is 0 Å². The maximum Gasteiger partial charge on any atom is 0.143 e. The largest absolute Gasteiger partial charge is 0.506 e. The molecular weight excluding hydrogens is 446 g/mol. The minimum atomic E-state index is 0.120. The van der Waals surface area contributed by atoms with Gasteiger partial charge in [0, 0.05) is 18.6 Å². The molecular formula is C19H29Br2N3O. The van der Waals surface area contributed by atoms with E-state index in [4.69, 9.17) is 5.73 Å². The molecule has 2 aliphatic heterocycles. The van der Waals surface area contributed by atoms with E-state index in [0.717, 1.165) is 37.7 Å². The summed E-state index contributed by atoms with van der Waals surface area (Å²) in [5.74, 6) is 0.247. The van der Waals surface area contributed by atoms with E-state index in [2.05, 4.69) is 41.7 Å². The second kappa shape index (κ2) is 9.18. The molecule has 1 aromatic rings. The summed E-state index contributed by atoms with van der Waals surface area (Å²) in [5, 5.41) is 9.82. The van der Waals surface area contributed by atoms with Crippen LogP contribution in [0, 0.1) is 0 Å². The quantitative estimate of drug-likeness (QED) is 0.682. The summed E-state index contributed by atoms with van der Waals surface area (Å²) < 4.78 is 1.43. The number of hydrogen-bond acceptors (Lipinski definition) is 4. The lowest BCUT2D eigenvalue weighted by Gasteiger charge is -2.40. The number of rotatable bonds is 5. The number of phenolic OH excluding ortho intramolecular Hbond substituents is 1. The molecule has 1 atom stereocenters. The summed E-state index contributed by atoms with van der Waals surface area (Å²) in [4.78, 5) is 5.24. The van der Waals surface area contributed by atoms with E-state index in [1.54, 1.807) is 0 Å². The summed E-state index contributed by atoms with van der Waals surface area (Å²) in [6, 6.07) is 4.83. The van der Waals surface area contributed by atoms with Crippen LogP contribution in [0.1, 0.15) is 37.7 Å². The third kappa shape index (κ3) is 5.42. The van der Waals surface area contributed by atoms with Crippen LogP contribution in [0.5, 0.6) is 5.75 Å². The molecule has 0 bridgehead atoms. The number of phenols is 1. The normalized spacial score (nSPS) is 22.2. The number of piperidine rings is 2. The van der Waals surface area contributed by atoms with E-state index in [1.807, 2.05) is 12.1 Å². The molecule has 140 valence electrons. The number of aromatic hydroxyl groups is 1.